The Balaban J connectivity index is 1.88. The summed E-state index contributed by atoms with van der Waals surface area (Å²) in [4.78, 5) is 13.7. The first-order valence-corrected chi connectivity index (χ1v) is 6.77. The van der Waals surface area contributed by atoms with Crippen molar-refractivity contribution in [1.29, 1.82) is 0 Å². The molecular weight excluding hydrogens is 214 g/mol. The molecule has 100 valence electrons. The Morgan fingerprint density at radius 1 is 1.41 bits per heavy atom. The summed E-state index contributed by atoms with van der Waals surface area (Å²) >= 11 is 0. The molecule has 0 aromatic heterocycles. The lowest BCUT2D eigenvalue weighted by atomic mass is 10.3. The Morgan fingerprint density at radius 2 is 2.12 bits per heavy atom. The van der Waals surface area contributed by atoms with Crippen LogP contribution in [0.25, 0.3) is 0 Å². The van der Waals surface area contributed by atoms with Crippen LogP contribution in [0.4, 0.5) is 0 Å². The van der Waals surface area contributed by atoms with Gasteiger partial charge in [0.25, 0.3) is 0 Å². The van der Waals surface area contributed by atoms with Gasteiger partial charge in [-0.1, -0.05) is 0 Å². The summed E-state index contributed by atoms with van der Waals surface area (Å²) in [6.07, 6.45) is 3.68. The van der Waals surface area contributed by atoms with Gasteiger partial charge >= 0.3 is 0 Å². The molecule has 0 aromatic rings. The third-order valence-corrected chi connectivity index (χ3v) is 3.31. The van der Waals surface area contributed by atoms with Crippen LogP contribution in [0, 0.1) is 5.92 Å². The number of amides is 1. The molecule has 0 aromatic carbocycles. The molecule has 1 fully saturated rings. The van der Waals surface area contributed by atoms with Crippen molar-refractivity contribution < 1.29 is 4.79 Å². The molecule has 0 bridgehead atoms. The highest BCUT2D eigenvalue weighted by Crippen LogP contribution is 2.27. The van der Waals surface area contributed by atoms with Crippen LogP contribution in [0.3, 0.4) is 0 Å². The fourth-order valence-electron chi connectivity index (χ4n) is 1.59. The molecule has 4 nitrogen and oxygen atoms in total. The number of carbonyl (C=O) groups excluding carboxylic acids is 1. The zero-order valence-electron chi connectivity index (χ0n) is 11.5. The van der Waals surface area contributed by atoms with E-state index in [1.807, 2.05) is 0 Å². The van der Waals surface area contributed by atoms with Crippen molar-refractivity contribution in [3.8, 4) is 0 Å². The van der Waals surface area contributed by atoms with Crippen LogP contribution in [-0.4, -0.2) is 50.1 Å². The number of hydrogen-bond donors (Lipinski definition) is 2. The summed E-state index contributed by atoms with van der Waals surface area (Å²) < 4.78 is 0. The smallest absolute Gasteiger partial charge is 0.233 e. The van der Waals surface area contributed by atoms with E-state index in [1.165, 1.54) is 12.8 Å². The summed E-state index contributed by atoms with van der Waals surface area (Å²) in [5, 5.41) is 6.14. The number of nitrogens with zero attached hydrogens (tertiary/aromatic N) is 1. The first-order chi connectivity index (χ1) is 8.09. The van der Waals surface area contributed by atoms with Crippen LogP contribution in [-0.2, 0) is 4.79 Å². The van der Waals surface area contributed by atoms with Gasteiger partial charge in [-0.3, -0.25) is 4.79 Å². The Bertz CT molecular complexity index is 227. The van der Waals surface area contributed by atoms with Gasteiger partial charge < -0.3 is 15.5 Å². The highest BCUT2D eigenvalue weighted by Gasteiger charge is 2.20. The number of carbonyl (C=O) groups is 1. The van der Waals surface area contributed by atoms with E-state index >= 15 is 0 Å². The first kappa shape index (κ1) is 14.5. The second kappa shape index (κ2) is 7.67. The van der Waals surface area contributed by atoms with Crippen LogP contribution in [0.15, 0.2) is 0 Å². The zero-order chi connectivity index (χ0) is 12.7. The minimum absolute atomic E-state index is 0.123. The lowest BCUT2D eigenvalue weighted by Crippen LogP contribution is -2.36. The van der Waals surface area contributed by atoms with Crippen molar-refractivity contribution in [2.75, 3.05) is 33.2 Å². The van der Waals surface area contributed by atoms with Gasteiger partial charge in [-0.2, -0.15) is 0 Å². The van der Waals surface area contributed by atoms with Crippen LogP contribution in [0.1, 0.15) is 33.1 Å². The number of hydrogen-bond acceptors (Lipinski definition) is 3. The minimum atomic E-state index is 0.123. The summed E-state index contributed by atoms with van der Waals surface area (Å²) in [7, 11) is 2.11. The quantitative estimate of drug-likeness (QED) is 0.588. The van der Waals surface area contributed by atoms with Crippen molar-refractivity contribution in [3.05, 3.63) is 0 Å². The van der Waals surface area contributed by atoms with E-state index in [4.69, 9.17) is 0 Å². The topological polar surface area (TPSA) is 44.4 Å². The Labute approximate surface area is 105 Å². The molecule has 1 aliphatic rings. The largest absolute Gasteiger partial charge is 0.355 e. The zero-order valence-corrected chi connectivity index (χ0v) is 11.5. The predicted molar refractivity (Wildman–Crippen MR) is 71.0 cm³/mol. The van der Waals surface area contributed by atoms with E-state index in [9.17, 15) is 4.79 Å². The van der Waals surface area contributed by atoms with E-state index in [-0.39, 0.29) is 5.91 Å². The predicted octanol–water partition coefficient (Wildman–Crippen LogP) is 0.833. The van der Waals surface area contributed by atoms with Crippen LogP contribution in [0.2, 0.25) is 0 Å². The van der Waals surface area contributed by atoms with E-state index in [1.54, 1.807) is 0 Å². The van der Waals surface area contributed by atoms with Gasteiger partial charge in [-0.15, -0.1) is 0 Å². The fourth-order valence-corrected chi connectivity index (χ4v) is 1.59. The molecule has 4 heteroatoms. The average molecular weight is 241 g/mol. The molecule has 17 heavy (non-hydrogen) atoms. The standard InChI is InChI=1S/C13H27N3O/c1-11(2)16(3)8-4-7-15-13(17)10-14-9-12-5-6-12/h11-12,14H,4-10H2,1-3H3,(H,15,17). The summed E-state index contributed by atoms with van der Waals surface area (Å²) in [5.74, 6) is 0.959. The summed E-state index contributed by atoms with van der Waals surface area (Å²) in [6, 6.07) is 0.575. The third kappa shape index (κ3) is 7.34. The number of nitrogens with one attached hydrogen (secondary N) is 2. The molecule has 1 amide bonds. The molecule has 1 saturated carbocycles. The van der Waals surface area contributed by atoms with Crippen molar-refractivity contribution >= 4 is 5.91 Å². The van der Waals surface area contributed by atoms with Gasteiger partial charge in [0, 0.05) is 12.6 Å². The highest BCUT2D eigenvalue weighted by atomic mass is 16.1. The van der Waals surface area contributed by atoms with E-state index in [2.05, 4.69) is 36.4 Å². The van der Waals surface area contributed by atoms with E-state index in [0.717, 1.165) is 32.0 Å². The van der Waals surface area contributed by atoms with Gasteiger partial charge in [-0.25, -0.2) is 0 Å². The molecule has 0 unspecified atom stereocenters. The lowest BCUT2D eigenvalue weighted by molar-refractivity contribution is -0.120. The maximum atomic E-state index is 11.4. The van der Waals surface area contributed by atoms with Crippen molar-refractivity contribution in [2.45, 2.75) is 39.2 Å². The van der Waals surface area contributed by atoms with Crippen molar-refractivity contribution in [3.63, 3.8) is 0 Å². The summed E-state index contributed by atoms with van der Waals surface area (Å²) in [6.45, 7) is 7.65. The Kier molecular flexibility index (Phi) is 6.52. The summed E-state index contributed by atoms with van der Waals surface area (Å²) in [5.41, 5.74) is 0. The molecule has 0 radical (unpaired) electrons. The first-order valence-electron chi connectivity index (χ1n) is 6.77. The van der Waals surface area contributed by atoms with Gasteiger partial charge in [0.1, 0.15) is 0 Å². The molecule has 0 aliphatic heterocycles. The van der Waals surface area contributed by atoms with Gasteiger partial charge in [0.2, 0.25) is 5.91 Å². The lowest BCUT2D eigenvalue weighted by Gasteiger charge is -2.20. The van der Waals surface area contributed by atoms with Crippen molar-refractivity contribution in [2.24, 2.45) is 5.92 Å². The van der Waals surface area contributed by atoms with Crippen LogP contribution in [0.5, 0.6) is 0 Å². The second-order valence-electron chi connectivity index (χ2n) is 5.35. The monoisotopic (exact) mass is 241 g/mol. The molecule has 1 rings (SSSR count). The number of rotatable bonds is 9. The van der Waals surface area contributed by atoms with E-state index < -0.39 is 0 Å². The fraction of sp³-hybridized carbons (Fsp3) is 0.923. The molecular formula is C13H27N3O. The van der Waals surface area contributed by atoms with Crippen LogP contribution < -0.4 is 10.6 Å². The average Bonchev–Trinajstić information content (AvgIpc) is 3.08. The highest BCUT2D eigenvalue weighted by molar-refractivity contribution is 5.77. The van der Waals surface area contributed by atoms with Crippen LogP contribution >= 0.6 is 0 Å². The molecule has 0 atom stereocenters. The maximum Gasteiger partial charge on any atom is 0.233 e. The molecule has 2 N–H and O–H groups in total. The van der Waals surface area contributed by atoms with Gasteiger partial charge in [0.05, 0.1) is 6.54 Å². The van der Waals surface area contributed by atoms with Crippen molar-refractivity contribution in [1.82, 2.24) is 15.5 Å². The molecule has 0 heterocycles. The minimum Gasteiger partial charge on any atom is -0.355 e. The van der Waals surface area contributed by atoms with Gasteiger partial charge in [0.15, 0.2) is 0 Å². The second-order valence-corrected chi connectivity index (χ2v) is 5.35. The Morgan fingerprint density at radius 3 is 2.71 bits per heavy atom. The normalized spacial score (nSPS) is 15.6. The SMILES string of the molecule is CC(C)N(C)CCCNC(=O)CNCC1CC1. The maximum absolute atomic E-state index is 11.4. The Hall–Kier alpha value is -0.610. The third-order valence-electron chi connectivity index (χ3n) is 3.31. The van der Waals surface area contributed by atoms with Gasteiger partial charge in [-0.05, 0) is 59.2 Å². The van der Waals surface area contributed by atoms with E-state index in [0.29, 0.717) is 12.6 Å². The molecule has 0 saturated heterocycles. The molecule has 1 aliphatic carbocycles. The molecule has 0 spiro atoms.